The SMILES string of the molecule is Cn1nc(C(=O)O)c2c1CCN(C(=O)CCCc1cccs1)C2. The van der Waals surface area contributed by atoms with Crippen LogP contribution in [0.15, 0.2) is 17.5 Å². The Hall–Kier alpha value is -2.15. The van der Waals surface area contributed by atoms with Gasteiger partial charge in [0.15, 0.2) is 5.69 Å². The van der Waals surface area contributed by atoms with E-state index < -0.39 is 5.97 Å². The quantitative estimate of drug-likeness (QED) is 0.909. The summed E-state index contributed by atoms with van der Waals surface area (Å²) in [5.41, 5.74) is 1.67. The molecule has 3 rings (SSSR count). The Morgan fingerprint density at radius 1 is 1.43 bits per heavy atom. The van der Waals surface area contributed by atoms with Gasteiger partial charge in [-0.2, -0.15) is 5.10 Å². The Morgan fingerprint density at radius 3 is 2.96 bits per heavy atom. The predicted octanol–water partition coefficient (Wildman–Crippen LogP) is 2.09. The third kappa shape index (κ3) is 3.29. The zero-order chi connectivity index (χ0) is 16.4. The number of aromatic carboxylic acids is 1. The Balaban J connectivity index is 1.62. The zero-order valence-electron chi connectivity index (χ0n) is 13.0. The molecule has 1 aliphatic rings. The van der Waals surface area contributed by atoms with Gasteiger partial charge in [-0.25, -0.2) is 4.79 Å². The van der Waals surface area contributed by atoms with Gasteiger partial charge < -0.3 is 10.0 Å². The van der Waals surface area contributed by atoms with Crippen LogP contribution in [0.3, 0.4) is 0 Å². The third-order valence-corrected chi connectivity index (χ3v) is 5.13. The van der Waals surface area contributed by atoms with Crippen LogP contribution < -0.4 is 0 Å². The summed E-state index contributed by atoms with van der Waals surface area (Å²) in [7, 11) is 1.75. The maximum Gasteiger partial charge on any atom is 0.356 e. The van der Waals surface area contributed by atoms with Gasteiger partial charge >= 0.3 is 5.97 Å². The second-order valence-electron chi connectivity index (χ2n) is 5.70. The summed E-state index contributed by atoms with van der Waals surface area (Å²) in [5.74, 6) is -0.943. The molecule has 6 nitrogen and oxygen atoms in total. The smallest absolute Gasteiger partial charge is 0.356 e. The minimum atomic E-state index is -1.03. The molecule has 0 unspecified atom stereocenters. The van der Waals surface area contributed by atoms with Crippen LogP contribution in [0.2, 0.25) is 0 Å². The van der Waals surface area contributed by atoms with E-state index in [0.29, 0.717) is 31.5 Å². The first kappa shape index (κ1) is 15.7. The van der Waals surface area contributed by atoms with Gasteiger partial charge in [0.25, 0.3) is 0 Å². The fourth-order valence-corrected chi connectivity index (χ4v) is 3.76. The number of aromatic nitrogens is 2. The average molecular weight is 333 g/mol. The Morgan fingerprint density at radius 2 is 2.26 bits per heavy atom. The highest BCUT2D eigenvalue weighted by Crippen LogP contribution is 2.23. The summed E-state index contributed by atoms with van der Waals surface area (Å²) < 4.78 is 1.62. The van der Waals surface area contributed by atoms with Gasteiger partial charge in [-0.15, -0.1) is 11.3 Å². The lowest BCUT2D eigenvalue weighted by molar-refractivity contribution is -0.132. The summed E-state index contributed by atoms with van der Waals surface area (Å²) in [5, 5.41) is 15.4. The number of rotatable bonds is 5. The number of hydrogen-bond donors (Lipinski definition) is 1. The van der Waals surface area contributed by atoms with Crippen LogP contribution in [-0.2, 0) is 31.2 Å². The lowest BCUT2D eigenvalue weighted by Gasteiger charge is -2.27. The number of aryl methyl sites for hydroxylation is 2. The first-order valence-electron chi connectivity index (χ1n) is 7.64. The molecule has 0 radical (unpaired) electrons. The highest BCUT2D eigenvalue weighted by molar-refractivity contribution is 7.09. The highest BCUT2D eigenvalue weighted by Gasteiger charge is 2.28. The number of fused-ring (bicyclic) bond motifs is 1. The molecule has 23 heavy (non-hydrogen) atoms. The number of carboxylic acid groups (broad SMARTS) is 1. The van der Waals surface area contributed by atoms with Crippen LogP contribution >= 0.6 is 11.3 Å². The molecule has 1 N–H and O–H groups in total. The lowest BCUT2D eigenvalue weighted by atomic mass is 10.0. The maximum absolute atomic E-state index is 12.4. The van der Waals surface area contributed by atoms with Gasteiger partial charge in [0.2, 0.25) is 5.91 Å². The molecule has 3 heterocycles. The summed E-state index contributed by atoms with van der Waals surface area (Å²) in [6, 6.07) is 4.10. The van der Waals surface area contributed by atoms with Crippen molar-refractivity contribution in [3.63, 3.8) is 0 Å². The Kier molecular flexibility index (Phi) is 4.47. The van der Waals surface area contributed by atoms with Gasteiger partial charge in [0, 0.05) is 49.1 Å². The van der Waals surface area contributed by atoms with Crippen molar-refractivity contribution in [2.45, 2.75) is 32.2 Å². The number of carboxylic acids is 1. The van der Waals surface area contributed by atoms with E-state index >= 15 is 0 Å². The summed E-state index contributed by atoms with van der Waals surface area (Å²) in [4.78, 5) is 26.7. The molecule has 1 aliphatic heterocycles. The normalized spacial score (nSPS) is 13.9. The van der Waals surface area contributed by atoms with Crippen molar-refractivity contribution >= 4 is 23.2 Å². The molecule has 0 fully saturated rings. The molecule has 122 valence electrons. The van der Waals surface area contributed by atoms with Crippen LogP contribution in [-0.4, -0.2) is 38.2 Å². The number of nitrogens with zero attached hydrogens (tertiary/aromatic N) is 3. The number of amides is 1. The van der Waals surface area contributed by atoms with E-state index in [0.717, 1.165) is 18.5 Å². The van der Waals surface area contributed by atoms with E-state index in [4.69, 9.17) is 0 Å². The summed E-state index contributed by atoms with van der Waals surface area (Å²) in [6.07, 6.45) is 2.88. The molecule has 2 aromatic heterocycles. The van der Waals surface area contributed by atoms with Crippen LogP contribution in [0.4, 0.5) is 0 Å². The van der Waals surface area contributed by atoms with E-state index in [2.05, 4.69) is 11.2 Å². The monoisotopic (exact) mass is 333 g/mol. The molecule has 0 spiro atoms. The van der Waals surface area contributed by atoms with Crippen molar-refractivity contribution in [3.05, 3.63) is 39.3 Å². The van der Waals surface area contributed by atoms with Gasteiger partial charge in [0.05, 0.1) is 0 Å². The van der Waals surface area contributed by atoms with Gasteiger partial charge in [-0.05, 0) is 24.3 Å². The Labute approximate surface area is 138 Å². The van der Waals surface area contributed by atoms with Gasteiger partial charge in [-0.3, -0.25) is 9.48 Å². The summed E-state index contributed by atoms with van der Waals surface area (Å²) in [6.45, 7) is 0.978. The average Bonchev–Trinajstić information content (AvgIpc) is 3.15. The molecule has 1 amide bonds. The first-order valence-corrected chi connectivity index (χ1v) is 8.52. The number of carbonyl (C=O) groups is 2. The van der Waals surface area contributed by atoms with Crippen molar-refractivity contribution in [3.8, 4) is 0 Å². The molecular formula is C16H19N3O3S. The van der Waals surface area contributed by atoms with Crippen molar-refractivity contribution < 1.29 is 14.7 Å². The second-order valence-corrected chi connectivity index (χ2v) is 6.73. The fourth-order valence-electron chi connectivity index (χ4n) is 3.00. The largest absolute Gasteiger partial charge is 0.476 e. The van der Waals surface area contributed by atoms with E-state index in [1.54, 1.807) is 28.0 Å². The van der Waals surface area contributed by atoms with Crippen LogP contribution in [0.1, 0.15) is 39.5 Å². The van der Waals surface area contributed by atoms with Crippen LogP contribution in [0, 0.1) is 0 Å². The minimum absolute atomic E-state index is 0.0681. The molecule has 0 aromatic carbocycles. The second kappa shape index (κ2) is 6.54. The fraction of sp³-hybridized carbons (Fsp3) is 0.438. The van der Waals surface area contributed by atoms with Crippen molar-refractivity contribution in [1.29, 1.82) is 0 Å². The highest BCUT2D eigenvalue weighted by atomic mass is 32.1. The first-order chi connectivity index (χ1) is 11.1. The molecule has 7 heteroatoms. The predicted molar refractivity (Wildman–Crippen MR) is 86.5 cm³/mol. The van der Waals surface area contributed by atoms with E-state index in [-0.39, 0.29) is 11.6 Å². The maximum atomic E-state index is 12.4. The molecule has 0 saturated heterocycles. The molecule has 0 saturated carbocycles. The van der Waals surface area contributed by atoms with Gasteiger partial charge in [-0.1, -0.05) is 6.07 Å². The van der Waals surface area contributed by atoms with Crippen LogP contribution in [0.5, 0.6) is 0 Å². The standard InChI is InChI=1S/C16H19N3O3S/c1-18-13-7-8-19(10-12(13)15(17-18)16(21)22)14(20)6-2-4-11-5-3-9-23-11/h3,5,9H,2,4,6-8,10H2,1H3,(H,21,22). The van der Waals surface area contributed by atoms with Crippen LogP contribution in [0.25, 0.3) is 0 Å². The van der Waals surface area contributed by atoms with E-state index in [1.807, 2.05) is 11.4 Å². The molecule has 0 aliphatic carbocycles. The van der Waals surface area contributed by atoms with Gasteiger partial charge in [0.1, 0.15) is 0 Å². The topological polar surface area (TPSA) is 75.4 Å². The van der Waals surface area contributed by atoms with E-state index in [1.165, 1.54) is 4.88 Å². The molecule has 0 atom stereocenters. The number of carbonyl (C=O) groups excluding carboxylic acids is 1. The van der Waals surface area contributed by atoms with Crippen molar-refractivity contribution in [2.24, 2.45) is 7.05 Å². The molecule has 2 aromatic rings. The number of hydrogen-bond acceptors (Lipinski definition) is 4. The minimum Gasteiger partial charge on any atom is -0.476 e. The third-order valence-electron chi connectivity index (χ3n) is 4.19. The van der Waals surface area contributed by atoms with Crippen molar-refractivity contribution in [1.82, 2.24) is 14.7 Å². The summed E-state index contributed by atoms with van der Waals surface area (Å²) >= 11 is 1.71. The Bertz CT molecular complexity index is 721. The number of thiophene rings is 1. The van der Waals surface area contributed by atoms with E-state index in [9.17, 15) is 14.7 Å². The molecule has 0 bridgehead atoms. The van der Waals surface area contributed by atoms with Crippen molar-refractivity contribution in [2.75, 3.05) is 6.54 Å². The molecular weight excluding hydrogens is 314 g/mol. The zero-order valence-corrected chi connectivity index (χ0v) is 13.8. The lowest BCUT2D eigenvalue weighted by Crippen LogP contribution is -2.36.